The summed E-state index contributed by atoms with van der Waals surface area (Å²) in [5.74, 6) is 1.60. The third kappa shape index (κ3) is 6.62. The van der Waals surface area contributed by atoms with Crippen LogP contribution < -0.4 is 11.2 Å². The van der Waals surface area contributed by atoms with Crippen LogP contribution in [-0.2, 0) is 31.6 Å². The molecule has 1 aromatic heterocycles. The fourth-order valence-corrected chi connectivity index (χ4v) is 5.18. The lowest BCUT2D eigenvalue weighted by molar-refractivity contribution is -0.0603. The molecule has 1 saturated heterocycles. The minimum Gasteiger partial charge on any atom is -0.386 e. The van der Waals surface area contributed by atoms with E-state index < -0.39 is 65.4 Å². The average molecular weight is 548 g/mol. The lowest BCUT2D eigenvalue weighted by Crippen LogP contribution is -2.46. The van der Waals surface area contributed by atoms with Crippen molar-refractivity contribution in [1.82, 2.24) is 14.8 Å². The van der Waals surface area contributed by atoms with E-state index >= 15 is 4.39 Å². The maximum Gasteiger partial charge on any atom is 0.490 e. The number of rotatable bonds is 8. The van der Waals surface area contributed by atoms with Crippen LogP contribution in [0.5, 0.6) is 0 Å². The Morgan fingerprint density at radius 2 is 1.94 bits per heavy atom. The molecule has 0 amide bonds. The van der Waals surface area contributed by atoms with Gasteiger partial charge in [0.25, 0.3) is 5.56 Å². The van der Waals surface area contributed by atoms with Gasteiger partial charge in [-0.3, -0.25) is 14.3 Å². The molecule has 0 spiro atoms. The van der Waals surface area contributed by atoms with E-state index in [1.165, 1.54) is 5.38 Å². The Morgan fingerprint density at radius 1 is 1.31 bits per heavy atom. The predicted octanol–water partition coefficient (Wildman–Crippen LogP) is -1.56. The fraction of sp³-hybridized carbons (Fsp3) is 0.500. The summed E-state index contributed by atoms with van der Waals surface area (Å²) in [5.41, 5.74) is -5.92. The zero-order valence-electron chi connectivity index (χ0n) is 16.7. The topological polar surface area (TPSA) is 257 Å². The molecule has 1 aliphatic rings. The highest BCUT2D eigenvalue weighted by molar-refractivity contribution is 7.66. The van der Waals surface area contributed by atoms with Crippen LogP contribution in [0.4, 0.5) is 4.39 Å². The Labute approximate surface area is 182 Å². The Morgan fingerprint density at radius 3 is 2.47 bits per heavy atom. The molecule has 0 aliphatic carbocycles. The number of aliphatic hydroxyl groups excluding tert-OH is 1. The molecule has 0 radical (unpaired) electrons. The van der Waals surface area contributed by atoms with Crippen molar-refractivity contribution in [2.75, 3.05) is 6.56 Å². The van der Waals surface area contributed by atoms with E-state index in [-0.39, 0.29) is 4.68 Å². The molecule has 22 heteroatoms. The van der Waals surface area contributed by atoms with Gasteiger partial charge in [0.05, 0.1) is 9.30 Å². The van der Waals surface area contributed by atoms with Crippen molar-refractivity contribution in [1.29, 1.82) is 0 Å². The van der Waals surface area contributed by atoms with Gasteiger partial charge in [-0.2, -0.15) is 18.4 Å². The molecule has 1 fully saturated rings. The van der Waals surface area contributed by atoms with E-state index in [1.807, 2.05) is 0 Å². The summed E-state index contributed by atoms with van der Waals surface area (Å²) < 4.78 is 80.7. The van der Waals surface area contributed by atoms with Crippen molar-refractivity contribution < 1.29 is 63.4 Å². The summed E-state index contributed by atoms with van der Waals surface area (Å²) in [5, 5.41) is 15.1. The first-order chi connectivity index (χ1) is 15.2. The van der Waals surface area contributed by atoms with Crippen LogP contribution in [0.2, 0.25) is 0 Å². The Bertz CT molecular complexity index is 1280. The maximum absolute atomic E-state index is 15.5. The molecule has 0 saturated carbocycles. The maximum atomic E-state index is 15.5. The van der Waals surface area contributed by atoms with Crippen molar-refractivity contribution in [2.24, 2.45) is 0 Å². The number of alkyl halides is 1. The van der Waals surface area contributed by atoms with Crippen LogP contribution in [0.25, 0.3) is 0 Å². The second-order valence-electron chi connectivity index (χ2n) is 5.53. The predicted molar refractivity (Wildman–Crippen MR) is 96.3 cm³/mol. The molecule has 0 bridgehead atoms. The van der Waals surface area contributed by atoms with Crippen molar-refractivity contribution in [2.45, 2.75) is 24.1 Å². The van der Waals surface area contributed by atoms with E-state index in [9.17, 15) is 33.3 Å². The first kappa shape index (κ1) is 23.9. The van der Waals surface area contributed by atoms with Gasteiger partial charge in [-0.15, -0.1) is 0 Å². The SMILES string of the molecule is [2H]C([2H])(OP(=O)(O)OP(=O)(O)OP(=O)(O)O)[C@H]1O[C@@H](n2ncc(=O)[nH]c2=O)C(F)(C#CCl)[C@H]1O. The third-order valence-electron chi connectivity index (χ3n) is 3.25. The van der Waals surface area contributed by atoms with Gasteiger partial charge in [0.2, 0.25) is 11.9 Å². The zero-order valence-corrected chi connectivity index (χ0v) is 18.2. The lowest BCUT2D eigenvalue weighted by atomic mass is 9.97. The molecule has 1 aromatic rings. The number of aromatic amines is 1. The fourth-order valence-electron chi connectivity index (χ4n) is 2.16. The number of phosphoric acid groups is 3. The van der Waals surface area contributed by atoms with Gasteiger partial charge in [0.1, 0.15) is 18.4 Å². The Balaban J connectivity index is 2.41. The summed E-state index contributed by atoms with van der Waals surface area (Å²) in [6, 6.07) is 0. The lowest BCUT2D eigenvalue weighted by Gasteiger charge is -2.22. The van der Waals surface area contributed by atoms with Crippen LogP contribution in [0.15, 0.2) is 15.8 Å². The zero-order chi connectivity index (χ0) is 26.3. The molecule has 180 valence electrons. The second-order valence-corrected chi connectivity index (χ2v) is 10.1. The monoisotopic (exact) mass is 547 g/mol. The van der Waals surface area contributed by atoms with Gasteiger partial charge in [-0.1, -0.05) is 0 Å². The van der Waals surface area contributed by atoms with Gasteiger partial charge in [0, 0.05) is 5.38 Å². The first-order valence-electron chi connectivity index (χ1n) is 8.41. The van der Waals surface area contributed by atoms with E-state index in [0.717, 1.165) is 0 Å². The van der Waals surface area contributed by atoms with Crippen LogP contribution in [-0.4, -0.2) is 63.9 Å². The molecule has 1 aliphatic heterocycles. The summed E-state index contributed by atoms with van der Waals surface area (Å²) in [4.78, 5) is 60.4. The Kier molecular flexibility index (Phi) is 7.11. The summed E-state index contributed by atoms with van der Waals surface area (Å²) >= 11 is 5.15. The second kappa shape index (κ2) is 9.53. The molecule has 6 N–H and O–H groups in total. The third-order valence-corrected chi connectivity index (χ3v) is 7.01. The summed E-state index contributed by atoms with van der Waals surface area (Å²) in [6.07, 6.45) is -7.42. The molecule has 2 heterocycles. The first-order valence-corrected chi connectivity index (χ1v) is 12.3. The standard InChI is InChI=1S/C10H12ClFN3O14P3/c11-2-1-10(12)7(17)5(27-8(10)15-9(18)14-6(16)3-13-15)4-26-31(22,23)29-32(24,25)28-30(19,20)21/h3,5,7-8,17H,4H2,(H,22,23)(H,24,25)(H,14,16,18)(H2,19,20,21)/t5-,7+,8-,10?/m1/s1/i4D2. The molecule has 3 unspecified atom stereocenters. The van der Waals surface area contributed by atoms with Crippen molar-refractivity contribution in [3.05, 3.63) is 27.0 Å². The van der Waals surface area contributed by atoms with Gasteiger partial charge in [-0.05, 0) is 17.5 Å². The van der Waals surface area contributed by atoms with E-state index in [0.29, 0.717) is 6.20 Å². The van der Waals surface area contributed by atoms with E-state index in [1.54, 1.807) is 10.9 Å². The number of phosphoric ester groups is 1. The van der Waals surface area contributed by atoms with E-state index in [2.05, 4.69) is 18.2 Å². The number of aromatic nitrogens is 3. The number of hydrogen-bond acceptors (Lipinski definition) is 11. The van der Waals surface area contributed by atoms with Gasteiger partial charge in [0.15, 0.2) is 0 Å². The highest BCUT2D eigenvalue weighted by Crippen LogP contribution is 2.66. The molecular formula is C10H12ClFN3O14P3. The average Bonchev–Trinajstić information content (AvgIpc) is 2.83. The molecule has 32 heavy (non-hydrogen) atoms. The quantitative estimate of drug-likeness (QED) is 0.159. The summed E-state index contributed by atoms with van der Waals surface area (Å²) in [7, 11) is -17.9. The van der Waals surface area contributed by atoms with Gasteiger partial charge in [-0.25, -0.2) is 22.9 Å². The molecule has 17 nitrogen and oxygen atoms in total. The number of nitrogens with zero attached hydrogens (tertiary/aromatic N) is 2. The number of hydrogen-bond donors (Lipinski definition) is 6. The van der Waals surface area contributed by atoms with Crippen LogP contribution >= 0.6 is 35.1 Å². The number of aliphatic hydroxyl groups is 1. The smallest absolute Gasteiger partial charge is 0.386 e. The van der Waals surface area contributed by atoms with Gasteiger partial charge >= 0.3 is 29.2 Å². The number of halogens is 2. The minimum absolute atomic E-state index is 0.0762. The van der Waals surface area contributed by atoms with Crippen molar-refractivity contribution >= 4 is 35.1 Å². The van der Waals surface area contributed by atoms with Crippen molar-refractivity contribution in [3.63, 3.8) is 0 Å². The number of nitrogens with one attached hydrogen (secondary N) is 1. The van der Waals surface area contributed by atoms with Crippen LogP contribution in [0.3, 0.4) is 0 Å². The molecular weight excluding hydrogens is 533 g/mol. The number of ether oxygens (including phenoxy) is 1. The molecule has 0 aromatic carbocycles. The molecule has 6 atom stereocenters. The highest BCUT2D eigenvalue weighted by atomic mass is 35.5. The Hall–Kier alpha value is -1.28. The van der Waals surface area contributed by atoms with Crippen molar-refractivity contribution in [3.8, 4) is 11.3 Å². The minimum atomic E-state index is -6.13. The normalized spacial score (nSPS) is 30.9. The number of H-pyrrole nitrogens is 1. The van der Waals surface area contributed by atoms with Crippen LogP contribution in [0, 0.1) is 11.3 Å². The molecule has 2 rings (SSSR count). The highest BCUT2D eigenvalue weighted by Gasteiger charge is 2.59. The van der Waals surface area contributed by atoms with Gasteiger partial charge < -0.3 is 29.4 Å². The van der Waals surface area contributed by atoms with Crippen LogP contribution in [0.1, 0.15) is 8.97 Å². The summed E-state index contributed by atoms with van der Waals surface area (Å²) in [6.45, 7) is -3.82. The largest absolute Gasteiger partial charge is 0.490 e. The van der Waals surface area contributed by atoms with E-state index in [4.69, 9.17) is 33.8 Å².